The molecule has 0 saturated heterocycles. The zero-order chi connectivity index (χ0) is 17.3. The van der Waals surface area contributed by atoms with Gasteiger partial charge in [0.2, 0.25) is 0 Å². The van der Waals surface area contributed by atoms with Crippen LogP contribution in [0.15, 0.2) is 50.8 Å². The minimum atomic E-state index is -0.205. The van der Waals surface area contributed by atoms with Crippen molar-refractivity contribution in [3.63, 3.8) is 0 Å². The van der Waals surface area contributed by atoms with Gasteiger partial charge >= 0.3 is 0 Å². The Balaban J connectivity index is 1.85. The van der Waals surface area contributed by atoms with Crippen LogP contribution < -0.4 is 5.32 Å². The summed E-state index contributed by atoms with van der Waals surface area (Å²) in [5, 5.41) is 3.78. The Kier molecular flexibility index (Phi) is 5.03. The van der Waals surface area contributed by atoms with Gasteiger partial charge in [0, 0.05) is 10.0 Å². The molecule has 4 nitrogen and oxygen atoms in total. The summed E-state index contributed by atoms with van der Waals surface area (Å²) in [5.41, 5.74) is 2.09. The Hall–Kier alpha value is -1.70. The lowest BCUT2D eigenvalue weighted by molar-refractivity contribution is 0.0977. The topological polar surface area (TPSA) is 54.4 Å². The number of thiol groups is 1. The smallest absolute Gasteiger partial charge is 0.256 e. The number of aliphatic imine (C=N–C) groups is 1. The Morgan fingerprint density at radius 1 is 1.33 bits per heavy atom. The van der Waals surface area contributed by atoms with Gasteiger partial charge in [-0.2, -0.15) is 0 Å². The Labute approximate surface area is 157 Å². The van der Waals surface area contributed by atoms with Crippen molar-refractivity contribution in [1.82, 2.24) is 10.3 Å². The zero-order valence-electron chi connectivity index (χ0n) is 13.0. The summed E-state index contributed by atoms with van der Waals surface area (Å²) in [7, 11) is 0. The van der Waals surface area contributed by atoms with Crippen LogP contribution in [0.3, 0.4) is 0 Å². The summed E-state index contributed by atoms with van der Waals surface area (Å²) in [4.78, 5) is 21.9. The van der Waals surface area contributed by atoms with Crippen LogP contribution in [0.1, 0.15) is 22.3 Å². The molecule has 3 rings (SSSR count). The first-order valence-corrected chi connectivity index (χ1v) is 9.21. The highest BCUT2D eigenvalue weighted by Gasteiger charge is 2.10. The van der Waals surface area contributed by atoms with Crippen molar-refractivity contribution < 1.29 is 4.79 Å². The number of halogens is 1. The Morgan fingerprint density at radius 2 is 2.12 bits per heavy atom. The standard InChI is InChI=1S/C17H14BrN3OS2/c1-9(20-17(22)11-4-3-5-12(18)8-11)19-13-6-7-14-15(16(13)23)21-10(2)24-14/h3-8,23H,1-2H3,(H,19,20,22). The SMILES string of the molecule is CC(=Nc1ccc2sc(C)nc2c1S)NC(=O)c1cccc(Br)c1. The van der Waals surface area contributed by atoms with Crippen molar-refractivity contribution >= 4 is 67.5 Å². The number of hydrogen-bond acceptors (Lipinski definition) is 5. The quantitative estimate of drug-likeness (QED) is 0.343. The minimum Gasteiger partial charge on any atom is -0.310 e. The summed E-state index contributed by atoms with van der Waals surface area (Å²) in [6.45, 7) is 3.71. The van der Waals surface area contributed by atoms with Gasteiger partial charge < -0.3 is 5.32 Å². The maximum absolute atomic E-state index is 12.3. The van der Waals surface area contributed by atoms with Crippen LogP contribution in [0.25, 0.3) is 10.2 Å². The van der Waals surface area contributed by atoms with Gasteiger partial charge in [-0.1, -0.05) is 22.0 Å². The number of carbonyl (C=O) groups is 1. The number of hydrogen-bond donors (Lipinski definition) is 2. The van der Waals surface area contributed by atoms with Crippen LogP contribution in [0.2, 0.25) is 0 Å². The molecule has 0 radical (unpaired) electrons. The number of amidine groups is 1. The molecule has 0 bridgehead atoms. The zero-order valence-corrected chi connectivity index (χ0v) is 16.3. The van der Waals surface area contributed by atoms with E-state index in [1.165, 1.54) is 0 Å². The monoisotopic (exact) mass is 419 g/mol. The lowest BCUT2D eigenvalue weighted by atomic mass is 10.2. The number of fused-ring (bicyclic) bond motifs is 1. The van der Waals surface area contributed by atoms with Crippen molar-refractivity contribution in [2.75, 3.05) is 0 Å². The first-order chi connectivity index (χ1) is 11.4. The van der Waals surface area contributed by atoms with Crippen LogP contribution in [0, 0.1) is 6.92 Å². The third kappa shape index (κ3) is 3.68. The fourth-order valence-electron chi connectivity index (χ4n) is 2.25. The molecule has 1 heterocycles. The summed E-state index contributed by atoms with van der Waals surface area (Å²) in [6.07, 6.45) is 0. The Bertz CT molecular complexity index is 966. The molecule has 2 aromatic carbocycles. The van der Waals surface area contributed by atoms with Crippen molar-refractivity contribution in [2.45, 2.75) is 18.7 Å². The predicted octanol–water partition coefficient (Wildman–Crippen LogP) is 5.14. The summed E-state index contributed by atoms with van der Waals surface area (Å²) < 4.78 is 1.93. The van der Waals surface area contributed by atoms with E-state index in [9.17, 15) is 4.79 Å². The number of thiazole rings is 1. The van der Waals surface area contributed by atoms with E-state index >= 15 is 0 Å². The molecule has 122 valence electrons. The molecule has 1 aromatic heterocycles. The molecule has 3 aromatic rings. The lowest BCUT2D eigenvalue weighted by Gasteiger charge is -2.06. The molecule has 1 N–H and O–H groups in total. The van der Waals surface area contributed by atoms with E-state index < -0.39 is 0 Å². The molecule has 0 saturated carbocycles. The van der Waals surface area contributed by atoms with Gasteiger partial charge in [-0.15, -0.1) is 24.0 Å². The van der Waals surface area contributed by atoms with Crippen LogP contribution in [0.4, 0.5) is 5.69 Å². The second kappa shape index (κ2) is 7.04. The molecular formula is C17H14BrN3OS2. The van der Waals surface area contributed by atoms with Gasteiger partial charge in [0.25, 0.3) is 5.91 Å². The largest absolute Gasteiger partial charge is 0.310 e. The van der Waals surface area contributed by atoms with Gasteiger partial charge in [-0.05, 0) is 44.2 Å². The first-order valence-electron chi connectivity index (χ1n) is 7.15. The first kappa shape index (κ1) is 17.1. The van der Waals surface area contributed by atoms with E-state index in [0.717, 1.165) is 19.7 Å². The van der Waals surface area contributed by atoms with E-state index in [0.29, 0.717) is 22.0 Å². The second-order valence-electron chi connectivity index (χ2n) is 5.17. The Morgan fingerprint density at radius 3 is 2.88 bits per heavy atom. The van der Waals surface area contributed by atoms with Crippen LogP contribution in [-0.4, -0.2) is 16.7 Å². The second-order valence-corrected chi connectivity index (χ2v) is 7.77. The number of rotatable bonds is 2. The van der Waals surface area contributed by atoms with Crippen molar-refractivity contribution in [3.05, 3.63) is 51.4 Å². The van der Waals surface area contributed by atoms with E-state index in [4.69, 9.17) is 0 Å². The van der Waals surface area contributed by atoms with Gasteiger partial charge in [-0.3, -0.25) is 4.79 Å². The molecule has 0 aliphatic heterocycles. The average molecular weight is 420 g/mol. The highest BCUT2D eigenvalue weighted by Crippen LogP contribution is 2.33. The number of aromatic nitrogens is 1. The highest BCUT2D eigenvalue weighted by atomic mass is 79.9. The van der Waals surface area contributed by atoms with Gasteiger partial charge in [-0.25, -0.2) is 9.98 Å². The van der Waals surface area contributed by atoms with Crippen LogP contribution in [-0.2, 0) is 0 Å². The van der Waals surface area contributed by atoms with E-state index in [-0.39, 0.29) is 5.91 Å². The molecule has 0 spiro atoms. The number of carbonyl (C=O) groups excluding carboxylic acids is 1. The minimum absolute atomic E-state index is 0.205. The average Bonchev–Trinajstić information content (AvgIpc) is 2.91. The molecule has 24 heavy (non-hydrogen) atoms. The molecule has 7 heteroatoms. The number of aryl methyl sites for hydroxylation is 1. The fourth-order valence-corrected chi connectivity index (χ4v) is 3.85. The molecular weight excluding hydrogens is 406 g/mol. The third-order valence-electron chi connectivity index (χ3n) is 3.29. The van der Waals surface area contributed by atoms with E-state index in [2.05, 4.69) is 43.9 Å². The highest BCUT2D eigenvalue weighted by molar-refractivity contribution is 9.10. The van der Waals surface area contributed by atoms with Crippen molar-refractivity contribution in [1.29, 1.82) is 0 Å². The summed E-state index contributed by atoms with van der Waals surface area (Å²) in [6, 6.07) is 11.1. The van der Waals surface area contributed by atoms with Crippen molar-refractivity contribution in [2.24, 2.45) is 4.99 Å². The third-order valence-corrected chi connectivity index (χ3v) is 5.16. The van der Waals surface area contributed by atoms with E-state index in [1.807, 2.05) is 31.2 Å². The van der Waals surface area contributed by atoms with Gasteiger partial charge in [0.05, 0.1) is 25.8 Å². The molecule has 0 fully saturated rings. The van der Waals surface area contributed by atoms with Crippen LogP contribution >= 0.6 is 39.9 Å². The van der Waals surface area contributed by atoms with E-state index in [1.54, 1.807) is 30.4 Å². The number of benzene rings is 2. The molecule has 1 amide bonds. The van der Waals surface area contributed by atoms with Gasteiger partial charge in [0.1, 0.15) is 5.84 Å². The normalized spacial score (nSPS) is 11.8. The predicted molar refractivity (Wildman–Crippen MR) is 106 cm³/mol. The number of nitrogens with zero attached hydrogens (tertiary/aromatic N) is 2. The molecule has 0 aliphatic rings. The lowest BCUT2D eigenvalue weighted by Crippen LogP contribution is -2.28. The molecule has 0 atom stereocenters. The maximum atomic E-state index is 12.3. The fraction of sp³-hybridized carbons (Fsp3) is 0.118. The molecule has 0 aliphatic carbocycles. The van der Waals surface area contributed by atoms with Gasteiger partial charge in [0.15, 0.2) is 0 Å². The van der Waals surface area contributed by atoms with Crippen molar-refractivity contribution in [3.8, 4) is 0 Å². The molecule has 0 unspecified atom stereocenters. The van der Waals surface area contributed by atoms with Crippen LogP contribution in [0.5, 0.6) is 0 Å². The summed E-state index contributed by atoms with van der Waals surface area (Å²) in [5.74, 6) is 0.297. The number of nitrogens with one attached hydrogen (secondary N) is 1. The maximum Gasteiger partial charge on any atom is 0.256 e. The summed E-state index contributed by atoms with van der Waals surface area (Å²) >= 11 is 9.52. The number of amides is 1.